The Bertz CT molecular complexity index is 362. The zero-order valence-electron chi connectivity index (χ0n) is 12.3. The van der Waals surface area contributed by atoms with Crippen molar-refractivity contribution in [2.45, 2.75) is 0 Å². The van der Waals surface area contributed by atoms with Gasteiger partial charge < -0.3 is 53.2 Å². The maximum atomic E-state index is 12.1. The molecule has 0 nitrogen and oxygen atoms in total. The van der Waals surface area contributed by atoms with Gasteiger partial charge in [-0.25, -0.2) is 4.39 Å². The third kappa shape index (κ3) is 93.7. The second-order valence-electron chi connectivity index (χ2n) is 2.92. The molecule has 0 saturated carbocycles. The molecule has 0 aliphatic rings. The van der Waals surface area contributed by atoms with Crippen molar-refractivity contribution < 1.29 is 109 Å². The summed E-state index contributed by atoms with van der Waals surface area (Å²) in [5.41, 5.74) is 0. The Labute approximate surface area is 179 Å². The summed E-state index contributed by atoms with van der Waals surface area (Å²) in [5, 5.41) is 0. The Morgan fingerprint density at radius 1 is 0.667 bits per heavy atom. The molecule has 0 unspecified atom stereocenters. The van der Waals surface area contributed by atoms with E-state index in [1.165, 1.54) is 12.1 Å². The van der Waals surface area contributed by atoms with Gasteiger partial charge >= 0.3 is 73.1 Å². The number of halogens is 14. The molecule has 0 fully saturated rings. The normalized spacial score (nSPS) is 10.6. The van der Waals surface area contributed by atoms with E-state index in [0.29, 0.717) is 0 Å². The summed E-state index contributed by atoms with van der Waals surface area (Å²) in [5.74, 6) is -0.209. The minimum Gasteiger partial charge on any atom is -1.00 e. The molecule has 0 heterocycles. The minimum atomic E-state index is -6.00. The van der Waals surface area contributed by atoms with Crippen LogP contribution in [-0.4, -0.2) is 21.8 Å². The predicted octanol–water partition coefficient (Wildman–Crippen LogP) is 3.60. The largest absolute Gasteiger partial charge is 1.00 e. The molecule has 0 atom stereocenters. The van der Waals surface area contributed by atoms with E-state index in [4.69, 9.17) is 0 Å². The summed E-state index contributed by atoms with van der Waals surface area (Å²) >= 11 is 3.12. The molecular formula is C6H5B3BrF13K-3. The molecule has 1 aromatic rings. The van der Waals surface area contributed by atoms with Crippen LogP contribution in [0.1, 0.15) is 1.43 Å². The molecule has 24 heavy (non-hydrogen) atoms. The van der Waals surface area contributed by atoms with Crippen LogP contribution in [0, 0.1) is 5.82 Å². The van der Waals surface area contributed by atoms with Crippen LogP contribution in [0.2, 0.25) is 0 Å². The van der Waals surface area contributed by atoms with Gasteiger partial charge in [0.1, 0.15) is 5.82 Å². The van der Waals surface area contributed by atoms with Crippen molar-refractivity contribution in [3.05, 3.63) is 34.6 Å². The van der Waals surface area contributed by atoms with Crippen LogP contribution < -0.4 is 51.4 Å². The van der Waals surface area contributed by atoms with Gasteiger partial charge in [-0.05, 0) is 18.2 Å². The van der Waals surface area contributed by atoms with Gasteiger partial charge in [0, 0.05) is 4.47 Å². The topological polar surface area (TPSA) is 0 Å². The fourth-order valence-corrected chi connectivity index (χ4v) is 0.831. The average Bonchev–Trinajstić information content (AvgIpc) is 2.07. The van der Waals surface area contributed by atoms with E-state index in [0.717, 1.165) is 4.47 Å². The monoisotopic (exact) mass is 475 g/mol. The van der Waals surface area contributed by atoms with Gasteiger partial charge in [0.15, 0.2) is 0 Å². The van der Waals surface area contributed by atoms with Crippen LogP contribution in [0.15, 0.2) is 28.7 Å². The first-order chi connectivity index (χ1) is 9.79. The summed E-state index contributed by atoms with van der Waals surface area (Å²) < 4.78 is 130. The van der Waals surface area contributed by atoms with E-state index in [1.807, 2.05) is 0 Å². The third-order valence-electron chi connectivity index (χ3n) is 0.787. The van der Waals surface area contributed by atoms with Crippen LogP contribution in [0.25, 0.3) is 0 Å². The fraction of sp³-hybridized carbons (Fsp3) is 0. The summed E-state index contributed by atoms with van der Waals surface area (Å²) in [7, 11) is -18.0. The number of rotatable bonds is 0. The maximum Gasteiger partial charge on any atom is 1.00 e. The zero-order chi connectivity index (χ0) is 19.5. The smallest absolute Gasteiger partial charge is 1.00 e. The molecule has 1 rings (SSSR count). The van der Waals surface area contributed by atoms with E-state index in [9.17, 15) is 56.2 Å². The molecule has 0 aliphatic heterocycles. The standard InChI is InChI=1S/C6H4BrF.3BF4.K.H/c7-5-2-1-3-6(8)4-5;3*2-1(3,4)5;;/h1-4H;;;;;/q;3*-1;+1;-1. The molecule has 0 N–H and O–H groups in total. The minimum absolute atomic E-state index is 0. The Morgan fingerprint density at radius 2 is 0.917 bits per heavy atom. The predicted molar refractivity (Wildman–Crippen MR) is 65.8 cm³/mol. The Hall–Kier alpha value is 0.621. The number of benzene rings is 1. The molecule has 140 valence electrons. The van der Waals surface area contributed by atoms with Crippen LogP contribution in [0.3, 0.4) is 0 Å². The molecule has 0 aromatic heterocycles. The van der Waals surface area contributed by atoms with E-state index < -0.39 is 21.8 Å². The second-order valence-corrected chi connectivity index (χ2v) is 3.84. The van der Waals surface area contributed by atoms with Crippen LogP contribution in [-0.2, 0) is 0 Å². The quantitative estimate of drug-likeness (QED) is 0.398. The third-order valence-corrected chi connectivity index (χ3v) is 1.28. The fourth-order valence-electron chi connectivity index (χ4n) is 0.460. The zero-order valence-corrected chi connectivity index (χ0v) is 16.0. The van der Waals surface area contributed by atoms with Gasteiger partial charge in [0.05, 0.1) is 0 Å². The SMILES string of the molecule is F[B-](F)(F)F.F[B-](F)(F)F.F[B-](F)(F)F.Fc1cccc(Br)c1.[H-].[K+]. The van der Waals surface area contributed by atoms with Crippen molar-refractivity contribution in [2.24, 2.45) is 0 Å². The van der Waals surface area contributed by atoms with E-state index in [2.05, 4.69) is 15.9 Å². The second kappa shape index (κ2) is 14.8. The number of hydrogen-bond acceptors (Lipinski definition) is 0. The molecule has 18 heteroatoms. The van der Waals surface area contributed by atoms with Crippen molar-refractivity contribution in [3.63, 3.8) is 0 Å². The summed E-state index contributed by atoms with van der Waals surface area (Å²) in [6.07, 6.45) is 0. The van der Waals surface area contributed by atoms with Gasteiger partial charge in [-0.15, -0.1) is 0 Å². The first-order valence-electron chi connectivity index (χ1n) is 4.82. The summed E-state index contributed by atoms with van der Waals surface area (Å²) in [6.45, 7) is 0. The maximum absolute atomic E-state index is 12.1. The summed E-state index contributed by atoms with van der Waals surface area (Å²) in [4.78, 5) is 0. The average molecular weight is 476 g/mol. The van der Waals surface area contributed by atoms with Crippen molar-refractivity contribution in [1.82, 2.24) is 0 Å². The first-order valence-corrected chi connectivity index (χ1v) is 5.61. The van der Waals surface area contributed by atoms with E-state index in [-0.39, 0.29) is 58.6 Å². The Morgan fingerprint density at radius 3 is 1.04 bits per heavy atom. The molecule has 0 saturated heterocycles. The van der Waals surface area contributed by atoms with Gasteiger partial charge in [-0.3, -0.25) is 0 Å². The van der Waals surface area contributed by atoms with Crippen LogP contribution in [0.5, 0.6) is 0 Å². The van der Waals surface area contributed by atoms with Gasteiger partial charge in [0.2, 0.25) is 0 Å². The Kier molecular flexibility index (Phi) is 19.9. The van der Waals surface area contributed by atoms with Crippen molar-refractivity contribution in [1.29, 1.82) is 0 Å². The van der Waals surface area contributed by atoms with Gasteiger partial charge in [0.25, 0.3) is 0 Å². The van der Waals surface area contributed by atoms with Gasteiger partial charge in [-0.2, -0.15) is 0 Å². The molecule has 1 aromatic carbocycles. The molecule has 0 amide bonds. The Balaban J connectivity index is -0.0000000714. The van der Waals surface area contributed by atoms with E-state index in [1.54, 1.807) is 12.1 Å². The van der Waals surface area contributed by atoms with Gasteiger partial charge in [-0.1, -0.05) is 22.0 Å². The van der Waals surface area contributed by atoms with Crippen LogP contribution >= 0.6 is 15.9 Å². The number of hydrogen-bond donors (Lipinski definition) is 0. The molecule has 0 aliphatic carbocycles. The van der Waals surface area contributed by atoms with E-state index >= 15 is 0 Å². The van der Waals surface area contributed by atoms with Crippen molar-refractivity contribution in [2.75, 3.05) is 0 Å². The van der Waals surface area contributed by atoms with Crippen molar-refractivity contribution in [3.8, 4) is 0 Å². The van der Waals surface area contributed by atoms with Crippen LogP contribution in [0.4, 0.5) is 56.2 Å². The first kappa shape index (κ1) is 32.3. The molecule has 0 bridgehead atoms. The summed E-state index contributed by atoms with van der Waals surface area (Å²) in [6, 6.07) is 6.26. The molecular weight excluding hydrogens is 470 g/mol. The molecule has 0 spiro atoms. The molecule has 0 radical (unpaired) electrons. The van der Waals surface area contributed by atoms with Crippen molar-refractivity contribution >= 4 is 37.7 Å².